The molecule has 9 nitrogen and oxygen atoms in total. The number of amidine groups is 1. The summed E-state index contributed by atoms with van der Waals surface area (Å²) in [7, 11) is -3.82. The number of benzene rings is 1. The third-order valence-electron chi connectivity index (χ3n) is 4.65. The van der Waals surface area contributed by atoms with E-state index in [2.05, 4.69) is 14.5 Å². The minimum atomic E-state index is -3.82. The fourth-order valence-corrected chi connectivity index (χ4v) is 4.06. The number of hydrogen-bond acceptors (Lipinski definition) is 6. The average molecular weight is 379 g/mol. The highest BCUT2D eigenvalue weighted by Crippen LogP contribution is 2.32. The number of ether oxygens (including phenoxy) is 1. The third kappa shape index (κ3) is 3.47. The number of hydrazine groups is 1. The molecule has 26 heavy (non-hydrogen) atoms. The standard InChI is InChI=1S/C16H21N5O4S/c17-15-14-12(19-26(23,24)20-15)4-1-5-13(14)25-9-11-3-2-8-21(18-11)16(22)10-6-7-10/h1,4-5,10-11,18-19H,2-3,6-9H2,(H2,17,20)/t11-/m1/s1. The summed E-state index contributed by atoms with van der Waals surface area (Å²) in [4.78, 5) is 12.2. The van der Waals surface area contributed by atoms with E-state index < -0.39 is 10.2 Å². The molecule has 1 saturated heterocycles. The molecule has 0 bridgehead atoms. The van der Waals surface area contributed by atoms with E-state index >= 15 is 0 Å². The quantitative estimate of drug-likeness (QED) is 0.693. The Kier molecular flexibility index (Phi) is 4.23. The number of carbonyl (C=O) groups excluding carboxylic acids is 1. The van der Waals surface area contributed by atoms with E-state index in [1.807, 2.05) is 0 Å². The molecule has 0 spiro atoms. The van der Waals surface area contributed by atoms with E-state index in [1.165, 1.54) is 0 Å². The van der Waals surface area contributed by atoms with E-state index in [4.69, 9.17) is 10.5 Å². The third-order valence-corrected chi connectivity index (χ3v) is 5.56. The van der Waals surface area contributed by atoms with Crippen LogP contribution in [0, 0.1) is 5.92 Å². The second-order valence-corrected chi connectivity index (χ2v) is 8.11. The van der Waals surface area contributed by atoms with E-state index in [9.17, 15) is 13.2 Å². The topological polar surface area (TPSA) is 126 Å². The molecule has 4 rings (SSSR count). The molecule has 1 aromatic carbocycles. The van der Waals surface area contributed by atoms with Crippen LogP contribution < -0.4 is 20.6 Å². The van der Waals surface area contributed by atoms with Crippen LogP contribution in [0.2, 0.25) is 0 Å². The molecule has 4 N–H and O–H groups in total. The maximum atomic E-state index is 12.2. The largest absolute Gasteiger partial charge is 0.491 e. The normalized spacial score (nSPS) is 24.2. The number of hydrogen-bond donors (Lipinski definition) is 3. The number of fused-ring (bicyclic) bond motifs is 1. The molecule has 2 heterocycles. The van der Waals surface area contributed by atoms with Gasteiger partial charge in [-0.15, -0.1) is 4.40 Å². The zero-order chi connectivity index (χ0) is 18.3. The minimum absolute atomic E-state index is 0.000696. The van der Waals surface area contributed by atoms with Crippen molar-refractivity contribution in [3.05, 3.63) is 23.8 Å². The second-order valence-electron chi connectivity index (χ2n) is 6.78. The molecule has 2 aliphatic heterocycles. The highest BCUT2D eigenvalue weighted by Gasteiger charge is 2.35. The van der Waals surface area contributed by atoms with Crippen LogP contribution in [0.4, 0.5) is 5.69 Å². The van der Waals surface area contributed by atoms with Gasteiger partial charge in [0.05, 0.1) is 17.3 Å². The van der Waals surface area contributed by atoms with Gasteiger partial charge in [-0.1, -0.05) is 6.07 Å². The molecule has 140 valence electrons. The Morgan fingerprint density at radius 3 is 2.92 bits per heavy atom. The molecule has 1 saturated carbocycles. The maximum Gasteiger partial charge on any atom is 0.344 e. The lowest BCUT2D eigenvalue weighted by Crippen LogP contribution is -2.54. The lowest BCUT2D eigenvalue weighted by molar-refractivity contribution is -0.138. The number of anilines is 1. The van der Waals surface area contributed by atoms with Crippen molar-refractivity contribution < 1.29 is 17.9 Å². The summed E-state index contributed by atoms with van der Waals surface area (Å²) in [6.07, 6.45) is 3.75. The first-order valence-electron chi connectivity index (χ1n) is 8.65. The van der Waals surface area contributed by atoms with E-state index in [0.717, 1.165) is 25.7 Å². The van der Waals surface area contributed by atoms with Crippen molar-refractivity contribution in [3.8, 4) is 5.75 Å². The molecule has 1 amide bonds. The fourth-order valence-electron chi connectivity index (χ4n) is 3.22. The van der Waals surface area contributed by atoms with Gasteiger partial charge in [-0.2, -0.15) is 8.42 Å². The molecule has 0 aromatic heterocycles. The first-order valence-corrected chi connectivity index (χ1v) is 10.1. The van der Waals surface area contributed by atoms with Gasteiger partial charge in [-0.25, -0.2) is 5.43 Å². The number of nitrogens with one attached hydrogen (secondary N) is 2. The van der Waals surface area contributed by atoms with Crippen LogP contribution >= 0.6 is 0 Å². The van der Waals surface area contributed by atoms with Gasteiger partial charge >= 0.3 is 10.2 Å². The zero-order valence-electron chi connectivity index (χ0n) is 14.1. The Morgan fingerprint density at radius 2 is 2.15 bits per heavy atom. The summed E-state index contributed by atoms with van der Waals surface area (Å²) in [5, 5.41) is 1.71. The van der Waals surface area contributed by atoms with Crippen LogP contribution in [0.1, 0.15) is 31.2 Å². The molecule has 1 aromatic rings. The molecule has 2 fully saturated rings. The van der Waals surface area contributed by atoms with Crippen molar-refractivity contribution in [1.29, 1.82) is 0 Å². The van der Waals surface area contributed by atoms with Crippen LogP contribution in [0.3, 0.4) is 0 Å². The van der Waals surface area contributed by atoms with Crippen molar-refractivity contribution in [2.24, 2.45) is 16.0 Å². The van der Waals surface area contributed by atoms with Gasteiger partial charge in [0.2, 0.25) is 5.91 Å². The fraction of sp³-hybridized carbons (Fsp3) is 0.500. The van der Waals surface area contributed by atoms with Crippen molar-refractivity contribution in [2.75, 3.05) is 17.9 Å². The SMILES string of the molecule is NC1=NS(=O)(=O)Nc2cccc(OC[C@H]3CCCN(C(=O)C4CC4)N3)c21. The predicted octanol–water partition coefficient (Wildman–Crippen LogP) is 0.347. The molecule has 3 aliphatic rings. The number of amides is 1. The molecule has 1 aliphatic carbocycles. The Balaban J connectivity index is 1.45. The average Bonchev–Trinajstić information content (AvgIpc) is 3.43. The number of nitrogens with two attached hydrogens (primary N) is 1. The van der Waals surface area contributed by atoms with E-state index in [0.29, 0.717) is 30.2 Å². The van der Waals surface area contributed by atoms with Gasteiger partial charge in [-0.05, 0) is 37.8 Å². The molecule has 1 atom stereocenters. The summed E-state index contributed by atoms with van der Waals surface area (Å²) in [6.45, 7) is 1.05. The summed E-state index contributed by atoms with van der Waals surface area (Å²) in [6, 6.07) is 5.01. The van der Waals surface area contributed by atoms with Crippen LogP contribution in [0.15, 0.2) is 22.6 Å². The first-order chi connectivity index (χ1) is 12.4. The van der Waals surface area contributed by atoms with Crippen LogP contribution in [-0.2, 0) is 15.0 Å². The lowest BCUT2D eigenvalue weighted by atomic mass is 10.1. The number of nitrogens with zero attached hydrogens (tertiary/aromatic N) is 2. The van der Waals surface area contributed by atoms with Crippen molar-refractivity contribution in [2.45, 2.75) is 31.7 Å². The van der Waals surface area contributed by atoms with Crippen LogP contribution in [-0.4, -0.2) is 44.4 Å². The highest BCUT2D eigenvalue weighted by molar-refractivity contribution is 7.91. The van der Waals surface area contributed by atoms with E-state index in [-0.39, 0.29) is 23.7 Å². The zero-order valence-corrected chi connectivity index (χ0v) is 15.0. The highest BCUT2D eigenvalue weighted by atomic mass is 32.2. The monoisotopic (exact) mass is 379 g/mol. The van der Waals surface area contributed by atoms with Gasteiger partial charge in [0.25, 0.3) is 0 Å². The Bertz CT molecular complexity index is 865. The maximum absolute atomic E-state index is 12.2. The van der Waals surface area contributed by atoms with Gasteiger partial charge in [0, 0.05) is 12.5 Å². The van der Waals surface area contributed by atoms with E-state index in [1.54, 1.807) is 23.2 Å². The van der Waals surface area contributed by atoms with Crippen molar-refractivity contribution in [1.82, 2.24) is 10.4 Å². The summed E-state index contributed by atoms with van der Waals surface area (Å²) >= 11 is 0. The second kappa shape index (κ2) is 6.44. The molecular weight excluding hydrogens is 358 g/mol. The summed E-state index contributed by atoms with van der Waals surface area (Å²) in [5.74, 6) is 0.694. The van der Waals surface area contributed by atoms with Crippen molar-refractivity contribution >= 4 is 27.6 Å². The summed E-state index contributed by atoms with van der Waals surface area (Å²) < 4.78 is 35.0. The minimum Gasteiger partial charge on any atom is -0.491 e. The number of rotatable bonds is 4. The Morgan fingerprint density at radius 1 is 1.35 bits per heavy atom. The molecule has 0 unspecified atom stereocenters. The van der Waals surface area contributed by atoms with Gasteiger partial charge in [0.15, 0.2) is 5.84 Å². The van der Waals surface area contributed by atoms with Gasteiger partial charge in [0.1, 0.15) is 12.4 Å². The Hall–Kier alpha value is -2.33. The van der Waals surface area contributed by atoms with Gasteiger partial charge in [-0.3, -0.25) is 14.5 Å². The number of carbonyl (C=O) groups is 1. The van der Waals surface area contributed by atoms with Crippen LogP contribution in [0.25, 0.3) is 0 Å². The predicted molar refractivity (Wildman–Crippen MR) is 95.8 cm³/mol. The van der Waals surface area contributed by atoms with Gasteiger partial charge < -0.3 is 10.5 Å². The van der Waals surface area contributed by atoms with Crippen molar-refractivity contribution in [3.63, 3.8) is 0 Å². The molecule has 0 radical (unpaired) electrons. The molecule has 10 heteroatoms. The van der Waals surface area contributed by atoms with Crippen LogP contribution in [0.5, 0.6) is 5.75 Å². The Labute approximate surface area is 151 Å². The smallest absolute Gasteiger partial charge is 0.344 e. The molecular formula is C16H21N5O4S. The first kappa shape index (κ1) is 17.1. The lowest BCUT2D eigenvalue weighted by Gasteiger charge is -2.34. The summed E-state index contributed by atoms with van der Waals surface area (Å²) in [5.41, 5.74) is 9.83.